The van der Waals surface area contributed by atoms with Gasteiger partial charge in [0.2, 0.25) is 0 Å². The van der Waals surface area contributed by atoms with Crippen molar-refractivity contribution < 1.29 is 9.90 Å². The molecule has 0 aliphatic rings. The van der Waals surface area contributed by atoms with E-state index >= 15 is 0 Å². The van der Waals surface area contributed by atoms with Crippen molar-refractivity contribution in [2.45, 2.75) is 13.8 Å². The molecule has 128 valence electrons. The van der Waals surface area contributed by atoms with Gasteiger partial charge >= 0.3 is 0 Å². The van der Waals surface area contributed by atoms with Gasteiger partial charge in [-0.3, -0.25) is 9.59 Å². The first-order valence-electron chi connectivity index (χ1n) is 7.86. The molecule has 3 aromatic rings. The van der Waals surface area contributed by atoms with Gasteiger partial charge in [0.1, 0.15) is 11.3 Å². The van der Waals surface area contributed by atoms with Gasteiger partial charge in [0, 0.05) is 12.2 Å². The quantitative estimate of drug-likeness (QED) is 0.748. The van der Waals surface area contributed by atoms with Crippen molar-refractivity contribution in [1.29, 1.82) is 0 Å². The number of anilines is 1. The van der Waals surface area contributed by atoms with Crippen LogP contribution in [0.4, 0.5) is 5.69 Å². The summed E-state index contributed by atoms with van der Waals surface area (Å²) in [5.74, 6) is -0.973. The van der Waals surface area contributed by atoms with Gasteiger partial charge in [-0.2, -0.15) is 0 Å². The van der Waals surface area contributed by atoms with Crippen LogP contribution in [0.5, 0.6) is 5.75 Å². The maximum absolute atomic E-state index is 13.0. The van der Waals surface area contributed by atoms with E-state index in [1.54, 1.807) is 50.2 Å². The van der Waals surface area contributed by atoms with Crippen molar-refractivity contribution in [2.75, 3.05) is 11.4 Å². The van der Waals surface area contributed by atoms with E-state index in [4.69, 9.17) is 11.6 Å². The first-order chi connectivity index (χ1) is 12.0. The fourth-order valence-corrected chi connectivity index (χ4v) is 3.11. The molecule has 0 aliphatic heterocycles. The molecule has 1 aromatic heterocycles. The van der Waals surface area contributed by atoms with Crippen molar-refractivity contribution in [3.63, 3.8) is 0 Å². The van der Waals surface area contributed by atoms with Crippen LogP contribution < -0.4 is 10.5 Å². The normalized spacial score (nSPS) is 10.8. The van der Waals surface area contributed by atoms with Gasteiger partial charge in [0.05, 0.1) is 15.9 Å². The minimum atomic E-state index is -0.644. The van der Waals surface area contributed by atoms with E-state index < -0.39 is 17.2 Å². The summed E-state index contributed by atoms with van der Waals surface area (Å²) in [7, 11) is 0. The van der Waals surface area contributed by atoms with Crippen molar-refractivity contribution in [2.24, 2.45) is 0 Å². The van der Waals surface area contributed by atoms with Crippen LogP contribution in [0.3, 0.4) is 0 Å². The second-order valence-electron chi connectivity index (χ2n) is 5.68. The van der Waals surface area contributed by atoms with E-state index in [-0.39, 0.29) is 16.0 Å². The van der Waals surface area contributed by atoms with Crippen LogP contribution in [0.2, 0.25) is 5.02 Å². The van der Waals surface area contributed by atoms with Crippen LogP contribution in [-0.2, 0) is 0 Å². The number of halogens is 1. The lowest BCUT2D eigenvalue weighted by Gasteiger charge is -2.21. The number of aryl methyl sites for hydroxylation is 1. The standard InChI is InChI=1S/C19H17ClN2O3/c1-3-22(12-7-5-4-6-8-12)19(25)15-17(23)14-13(20)10-9-11(2)16(14)21-18(15)24/h4-10H,3H2,1-2H3,(H2,21,23,24). The first-order valence-corrected chi connectivity index (χ1v) is 8.24. The van der Waals surface area contributed by atoms with Crippen LogP contribution in [0.25, 0.3) is 10.9 Å². The Labute approximate surface area is 149 Å². The second kappa shape index (κ2) is 6.61. The minimum absolute atomic E-state index is 0.270. The van der Waals surface area contributed by atoms with Crippen LogP contribution in [0.1, 0.15) is 22.8 Å². The Hall–Kier alpha value is -2.79. The van der Waals surface area contributed by atoms with Gasteiger partial charge in [0.25, 0.3) is 11.5 Å². The Kier molecular flexibility index (Phi) is 4.51. The molecule has 25 heavy (non-hydrogen) atoms. The zero-order valence-electron chi connectivity index (χ0n) is 13.8. The molecule has 0 bridgehead atoms. The number of carbonyl (C=O) groups is 1. The fourth-order valence-electron chi connectivity index (χ4n) is 2.87. The van der Waals surface area contributed by atoms with E-state index in [0.29, 0.717) is 17.7 Å². The molecule has 1 heterocycles. The number of fused-ring (bicyclic) bond motifs is 1. The van der Waals surface area contributed by atoms with Crippen molar-refractivity contribution in [3.05, 3.63) is 69.0 Å². The van der Waals surface area contributed by atoms with E-state index in [9.17, 15) is 14.7 Å². The predicted molar refractivity (Wildman–Crippen MR) is 99.8 cm³/mol. The number of nitrogens with zero attached hydrogens (tertiary/aromatic N) is 1. The maximum Gasteiger partial charge on any atom is 0.267 e. The lowest BCUT2D eigenvalue weighted by atomic mass is 10.1. The molecule has 0 atom stereocenters. The van der Waals surface area contributed by atoms with Crippen LogP contribution in [0, 0.1) is 6.92 Å². The van der Waals surface area contributed by atoms with E-state index in [1.165, 1.54) is 4.90 Å². The molecule has 0 spiro atoms. The van der Waals surface area contributed by atoms with E-state index in [2.05, 4.69) is 4.98 Å². The van der Waals surface area contributed by atoms with Crippen LogP contribution >= 0.6 is 11.6 Å². The van der Waals surface area contributed by atoms with Crippen molar-refractivity contribution in [3.8, 4) is 5.75 Å². The summed E-state index contributed by atoms with van der Waals surface area (Å²) in [6.07, 6.45) is 0. The summed E-state index contributed by atoms with van der Waals surface area (Å²) in [4.78, 5) is 29.6. The molecular formula is C19H17ClN2O3. The Bertz CT molecular complexity index is 1010. The number of benzene rings is 2. The highest BCUT2D eigenvalue weighted by Gasteiger charge is 2.25. The number of rotatable bonds is 3. The third kappa shape index (κ3) is 2.87. The molecule has 0 radical (unpaired) electrons. The average Bonchev–Trinajstić information content (AvgIpc) is 2.59. The van der Waals surface area contributed by atoms with Crippen molar-refractivity contribution >= 4 is 34.1 Å². The zero-order valence-corrected chi connectivity index (χ0v) is 14.6. The third-order valence-corrected chi connectivity index (χ3v) is 4.46. The molecule has 0 saturated heterocycles. The Morgan fingerprint density at radius 3 is 2.52 bits per heavy atom. The topological polar surface area (TPSA) is 73.4 Å². The summed E-state index contributed by atoms with van der Waals surface area (Å²) in [5, 5.41) is 11.2. The number of pyridine rings is 1. The number of nitrogens with one attached hydrogen (secondary N) is 1. The van der Waals surface area contributed by atoms with E-state index in [1.807, 2.05) is 6.07 Å². The number of carbonyl (C=O) groups excluding carboxylic acids is 1. The second-order valence-corrected chi connectivity index (χ2v) is 6.08. The highest BCUT2D eigenvalue weighted by Crippen LogP contribution is 2.34. The Morgan fingerprint density at radius 1 is 1.20 bits per heavy atom. The predicted octanol–water partition coefficient (Wildman–Crippen LogP) is 3.86. The number of hydrogen-bond donors (Lipinski definition) is 2. The molecule has 6 heteroatoms. The average molecular weight is 357 g/mol. The molecule has 5 nitrogen and oxygen atoms in total. The maximum atomic E-state index is 13.0. The number of para-hydroxylation sites is 1. The first kappa shape index (κ1) is 17.0. The summed E-state index contributed by atoms with van der Waals surface area (Å²) in [6, 6.07) is 12.3. The number of aromatic nitrogens is 1. The van der Waals surface area contributed by atoms with Crippen LogP contribution in [-0.4, -0.2) is 22.5 Å². The van der Waals surface area contributed by atoms with Gasteiger partial charge in [-0.15, -0.1) is 0 Å². The highest BCUT2D eigenvalue weighted by molar-refractivity contribution is 6.36. The number of aromatic hydroxyl groups is 1. The summed E-state index contributed by atoms with van der Waals surface area (Å²) in [5.41, 5.74) is 0.861. The largest absolute Gasteiger partial charge is 0.506 e. The minimum Gasteiger partial charge on any atom is -0.506 e. The molecule has 0 aliphatic carbocycles. The van der Waals surface area contributed by atoms with Crippen molar-refractivity contribution in [1.82, 2.24) is 4.98 Å². The van der Waals surface area contributed by atoms with Gasteiger partial charge < -0.3 is 15.0 Å². The molecule has 3 rings (SSSR count). The Balaban J connectivity index is 2.23. The molecule has 2 N–H and O–H groups in total. The summed E-state index contributed by atoms with van der Waals surface area (Å²) >= 11 is 6.19. The lowest BCUT2D eigenvalue weighted by Crippen LogP contribution is -2.34. The number of H-pyrrole nitrogens is 1. The van der Waals surface area contributed by atoms with Gasteiger partial charge in [0.15, 0.2) is 0 Å². The monoisotopic (exact) mass is 356 g/mol. The third-order valence-electron chi connectivity index (χ3n) is 4.15. The highest BCUT2D eigenvalue weighted by atomic mass is 35.5. The SMILES string of the molecule is CCN(C(=O)c1c(O)c2c(Cl)ccc(C)c2[nH]c1=O)c1ccccc1. The molecule has 0 unspecified atom stereocenters. The van der Waals surface area contributed by atoms with Gasteiger partial charge in [-0.1, -0.05) is 35.9 Å². The Morgan fingerprint density at radius 2 is 1.88 bits per heavy atom. The van der Waals surface area contributed by atoms with Gasteiger partial charge in [-0.05, 0) is 37.6 Å². The fraction of sp³-hybridized carbons (Fsp3) is 0.158. The summed E-state index contributed by atoms with van der Waals surface area (Å²) < 4.78 is 0. The molecular weight excluding hydrogens is 340 g/mol. The molecule has 2 aromatic carbocycles. The number of aromatic amines is 1. The number of hydrogen-bond acceptors (Lipinski definition) is 3. The zero-order chi connectivity index (χ0) is 18.1. The summed E-state index contributed by atoms with van der Waals surface area (Å²) in [6.45, 7) is 3.94. The smallest absolute Gasteiger partial charge is 0.267 e. The molecule has 1 amide bonds. The van der Waals surface area contributed by atoms with E-state index in [0.717, 1.165) is 5.56 Å². The molecule has 0 saturated carbocycles. The van der Waals surface area contributed by atoms with Crippen LogP contribution in [0.15, 0.2) is 47.3 Å². The van der Waals surface area contributed by atoms with Gasteiger partial charge in [-0.25, -0.2) is 0 Å². The number of amides is 1. The lowest BCUT2D eigenvalue weighted by molar-refractivity contribution is 0.0984. The molecule has 0 fully saturated rings.